The summed E-state index contributed by atoms with van der Waals surface area (Å²) >= 11 is 0. The van der Waals surface area contributed by atoms with Gasteiger partial charge in [-0.2, -0.15) is 0 Å². The van der Waals surface area contributed by atoms with Crippen molar-refractivity contribution >= 4 is 11.6 Å². The molecule has 1 aromatic carbocycles. The van der Waals surface area contributed by atoms with Crippen molar-refractivity contribution in [3.05, 3.63) is 29.8 Å². The van der Waals surface area contributed by atoms with E-state index in [0.717, 1.165) is 32.0 Å². The maximum absolute atomic E-state index is 12.5. The minimum Gasteiger partial charge on any atom is -0.379 e. The predicted octanol–water partition coefficient (Wildman–Crippen LogP) is 2.44. The van der Waals surface area contributed by atoms with E-state index < -0.39 is 0 Å². The Balaban J connectivity index is 1.91. The largest absolute Gasteiger partial charge is 0.379 e. The fourth-order valence-electron chi connectivity index (χ4n) is 3.11. The molecule has 0 saturated carbocycles. The Morgan fingerprint density at radius 1 is 1.24 bits per heavy atom. The zero-order valence-electron chi connectivity index (χ0n) is 16.3. The van der Waals surface area contributed by atoms with Gasteiger partial charge in [0, 0.05) is 36.9 Å². The monoisotopic (exact) mass is 347 g/mol. The lowest BCUT2D eigenvalue weighted by atomic mass is 10.0. The fraction of sp³-hybridized carbons (Fsp3) is 0.650. The molecule has 0 aromatic heterocycles. The van der Waals surface area contributed by atoms with Crippen LogP contribution < -0.4 is 10.2 Å². The summed E-state index contributed by atoms with van der Waals surface area (Å²) in [6, 6.07) is 8.61. The first kappa shape index (κ1) is 19.7. The van der Waals surface area contributed by atoms with E-state index in [1.807, 2.05) is 0 Å². The smallest absolute Gasteiger partial charge is 0.239 e. The summed E-state index contributed by atoms with van der Waals surface area (Å²) in [6.07, 6.45) is 0. The third-order valence-corrected chi connectivity index (χ3v) is 4.89. The SMILES string of the molecule is Cc1ccc(N(CC(=O)NCC(C)(C)N2CCOCC2)C(C)C)cc1. The number of morpholine rings is 1. The highest BCUT2D eigenvalue weighted by molar-refractivity contribution is 5.81. The van der Waals surface area contributed by atoms with Crippen molar-refractivity contribution in [1.82, 2.24) is 10.2 Å². The number of hydrogen-bond donors (Lipinski definition) is 1. The van der Waals surface area contributed by atoms with Gasteiger partial charge in [0.2, 0.25) is 5.91 Å². The van der Waals surface area contributed by atoms with E-state index in [2.05, 4.69) is 74.0 Å². The second-order valence-corrected chi connectivity index (χ2v) is 7.75. The Morgan fingerprint density at radius 2 is 1.84 bits per heavy atom. The lowest BCUT2D eigenvalue weighted by Crippen LogP contribution is -2.56. The van der Waals surface area contributed by atoms with Crippen LogP contribution in [0.15, 0.2) is 24.3 Å². The molecule has 1 saturated heterocycles. The van der Waals surface area contributed by atoms with Crippen LogP contribution in [0.5, 0.6) is 0 Å². The normalized spacial score (nSPS) is 16.1. The maximum atomic E-state index is 12.5. The summed E-state index contributed by atoms with van der Waals surface area (Å²) in [4.78, 5) is 17.1. The Morgan fingerprint density at radius 3 is 2.40 bits per heavy atom. The predicted molar refractivity (Wildman–Crippen MR) is 103 cm³/mol. The van der Waals surface area contributed by atoms with Gasteiger partial charge in [-0.3, -0.25) is 9.69 Å². The first-order valence-corrected chi connectivity index (χ1v) is 9.22. The summed E-state index contributed by atoms with van der Waals surface area (Å²) in [5.41, 5.74) is 2.25. The van der Waals surface area contributed by atoms with E-state index in [9.17, 15) is 4.79 Å². The molecule has 1 fully saturated rings. The molecule has 2 rings (SSSR count). The lowest BCUT2D eigenvalue weighted by Gasteiger charge is -2.41. The summed E-state index contributed by atoms with van der Waals surface area (Å²) < 4.78 is 5.42. The standard InChI is InChI=1S/C20H33N3O2/c1-16(2)23(18-8-6-17(3)7-9-18)14-19(24)21-15-20(4,5)22-10-12-25-13-11-22/h6-9,16H,10-15H2,1-5H3,(H,21,24). The molecule has 25 heavy (non-hydrogen) atoms. The second kappa shape index (κ2) is 8.68. The third-order valence-electron chi connectivity index (χ3n) is 4.89. The van der Waals surface area contributed by atoms with Crippen LogP contribution in [0, 0.1) is 6.92 Å². The molecule has 1 aromatic rings. The van der Waals surface area contributed by atoms with Gasteiger partial charge in [0.1, 0.15) is 0 Å². The minimum absolute atomic E-state index is 0.0635. The summed E-state index contributed by atoms with van der Waals surface area (Å²) in [7, 11) is 0. The minimum atomic E-state index is -0.0635. The van der Waals surface area contributed by atoms with Gasteiger partial charge in [-0.25, -0.2) is 0 Å². The van der Waals surface area contributed by atoms with Crippen LogP contribution in [0.1, 0.15) is 33.3 Å². The average molecular weight is 348 g/mol. The van der Waals surface area contributed by atoms with Crippen LogP contribution in [0.3, 0.4) is 0 Å². The zero-order chi connectivity index (χ0) is 18.4. The zero-order valence-corrected chi connectivity index (χ0v) is 16.3. The number of anilines is 1. The van der Waals surface area contributed by atoms with Crippen LogP contribution in [0.4, 0.5) is 5.69 Å². The number of aryl methyl sites for hydroxylation is 1. The molecule has 1 heterocycles. The molecule has 0 atom stereocenters. The van der Waals surface area contributed by atoms with Crippen molar-refractivity contribution in [3.63, 3.8) is 0 Å². The lowest BCUT2D eigenvalue weighted by molar-refractivity contribution is -0.120. The summed E-state index contributed by atoms with van der Waals surface area (Å²) in [5, 5.41) is 3.12. The molecule has 5 nitrogen and oxygen atoms in total. The highest BCUT2D eigenvalue weighted by Gasteiger charge is 2.28. The van der Waals surface area contributed by atoms with Gasteiger partial charge in [0.25, 0.3) is 0 Å². The Bertz CT molecular complexity index is 549. The van der Waals surface area contributed by atoms with Crippen molar-refractivity contribution < 1.29 is 9.53 Å². The quantitative estimate of drug-likeness (QED) is 0.823. The van der Waals surface area contributed by atoms with E-state index in [4.69, 9.17) is 4.74 Å². The number of ether oxygens (including phenoxy) is 1. The Hall–Kier alpha value is -1.59. The van der Waals surface area contributed by atoms with Gasteiger partial charge in [0.05, 0.1) is 19.8 Å². The number of rotatable bonds is 7. The van der Waals surface area contributed by atoms with E-state index in [1.165, 1.54) is 5.56 Å². The van der Waals surface area contributed by atoms with Gasteiger partial charge in [0.15, 0.2) is 0 Å². The molecule has 1 N–H and O–H groups in total. The van der Waals surface area contributed by atoms with E-state index in [0.29, 0.717) is 13.1 Å². The van der Waals surface area contributed by atoms with Gasteiger partial charge in [-0.15, -0.1) is 0 Å². The van der Waals surface area contributed by atoms with E-state index in [-0.39, 0.29) is 17.5 Å². The van der Waals surface area contributed by atoms with Crippen molar-refractivity contribution in [2.24, 2.45) is 0 Å². The van der Waals surface area contributed by atoms with Crippen molar-refractivity contribution in [2.45, 2.75) is 46.2 Å². The summed E-state index contributed by atoms with van der Waals surface area (Å²) in [5.74, 6) is 0.0654. The number of carbonyl (C=O) groups excluding carboxylic acids is 1. The Labute approximate surface area is 152 Å². The number of nitrogens with zero attached hydrogens (tertiary/aromatic N) is 2. The topological polar surface area (TPSA) is 44.8 Å². The molecular weight excluding hydrogens is 314 g/mol. The average Bonchev–Trinajstić information content (AvgIpc) is 2.59. The molecule has 1 aliphatic heterocycles. The van der Waals surface area contributed by atoms with Crippen LogP contribution in [-0.4, -0.2) is 61.8 Å². The highest BCUT2D eigenvalue weighted by atomic mass is 16.5. The number of amides is 1. The van der Waals surface area contributed by atoms with Gasteiger partial charge in [-0.1, -0.05) is 17.7 Å². The van der Waals surface area contributed by atoms with Gasteiger partial charge < -0.3 is 15.0 Å². The number of carbonyl (C=O) groups is 1. The molecule has 0 radical (unpaired) electrons. The van der Waals surface area contributed by atoms with E-state index in [1.54, 1.807) is 0 Å². The van der Waals surface area contributed by atoms with Crippen LogP contribution in [0.25, 0.3) is 0 Å². The first-order chi connectivity index (χ1) is 11.8. The molecule has 1 aliphatic rings. The maximum Gasteiger partial charge on any atom is 0.239 e. The number of hydrogen-bond acceptors (Lipinski definition) is 4. The van der Waals surface area contributed by atoms with Crippen LogP contribution in [-0.2, 0) is 9.53 Å². The number of nitrogens with one attached hydrogen (secondary N) is 1. The van der Waals surface area contributed by atoms with Crippen molar-refractivity contribution in [1.29, 1.82) is 0 Å². The molecule has 5 heteroatoms. The van der Waals surface area contributed by atoms with Crippen LogP contribution >= 0.6 is 0 Å². The van der Waals surface area contributed by atoms with Gasteiger partial charge in [-0.05, 0) is 46.8 Å². The number of benzene rings is 1. The van der Waals surface area contributed by atoms with Crippen LogP contribution in [0.2, 0.25) is 0 Å². The second-order valence-electron chi connectivity index (χ2n) is 7.75. The first-order valence-electron chi connectivity index (χ1n) is 9.22. The third kappa shape index (κ3) is 5.72. The Kier molecular flexibility index (Phi) is 6.85. The fourth-order valence-corrected chi connectivity index (χ4v) is 3.11. The van der Waals surface area contributed by atoms with Crippen molar-refractivity contribution in [3.8, 4) is 0 Å². The van der Waals surface area contributed by atoms with E-state index >= 15 is 0 Å². The molecule has 0 aliphatic carbocycles. The summed E-state index contributed by atoms with van der Waals surface area (Å²) in [6.45, 7) is 15.1. The molecule has 0 spiro atoms. The molecule has 140 valence electrons. The van der Waals surface area contributed by atoms with Crippen molar-refractivity contribution in [2.75, 3.05) is 44.3 Å². The molecule has 0 unspecified atom stereocenters. The van der Waals surface area contributed by atoms with Gasteiger partial charge >= 0.3 is 0 Å². The molecule has 1 amide bonds. The highest BCUT2D eigenvalue weighted by Crippen LogP contribution is 2.18. The molecule has 0 bridgehead atoms. The molecular formula is C20H33N3O2.